The van der Waals surface area contributed by atoms with Crippen molar-refractivity contribution in [3.8, 4) is 23.6 Å². The maximum Gasteiger partial charge on any atom is 0.232 e. The number of aliphatic hydroxyl groups is 1. The summed E-state index contributed by atoms with van der Waals surface area (Å²) in [4.78, 5) is 4.60. The van der Waals surface area contributed by atoms with E-state index < -0.39 is 6.10 Å². The van der Waals surface area contributed by atoms with Gasteiger partial charge in [0.05, 0.1) is 24.4 Å². The molecule has 0 amide bonds. The third-order valence-corrected chi connectivity index (χ3v) is 6.71. The summed E-state index contributed by atoms with van der Waals surface area (Å²) >= 11 is 0. The number of anilines is 1. The van der Waals surface area contributed by atoms with Crippen molar-refractivity contribution < 1.29 is 19.1 Å². The highest BCUT2D eigenvalue weighted by Gasteiger charge is 2.30. The van der Waals surface area contributed by atoms with Crippen molar-refractivity contribution in [2.45, 2.75) is 63.8 Å². The molecule has 0 radical (unpaired) electrons. The summed E-state index contributed by atoms with van der Waals surface area (Å²) in [5.41, 5.74) is 2.96. The number of hydrogen-bond donors (Lipinski definition) is 1. The number of hydrogen-bond acceptors (Lipinski definition) is 7. The number of benzene rings is 1. The fourth-order valence-electron chi connectivity index (χ4n) is 5.00. The first-order valence-corrected chi connectivity index (χ1v) is 12.5. The average Bonchev–Trinajstić information content (AvgIpc) is 3.50. The fourth-order valence-corrected chi connectivity index (χ4v) is 5.00. The Morgan fingerprint density at radius 2 is 2.12 bits per heavy atom. The number of aliphatic hydroxyl groups excluding tert-OH is 1. The molecular weight excluding hydrogens is 430 g/mol. The Bertz CT molecular complexity index is 920. The van der Waals surface area contributed by atoms with Crippen LogP contribution in [0.4, 0.5) is 5.88 Å². The monoisotopic (exact) mass is 467 g/mol. The van der Waals surface area contributed by atoms with Gasteiger partial charge in [-0.15, -0.1) is 6.42 Å². The molecule has 1 aromatic heterocycles. The van der Waals surface area contributed by atoms with Gasteiger partial charge in [0.1, 0.15) is 12.3 Å². The Hall–Kier alpha value is -2.37. The SMILES string of the molecule is C#CCOC[C@H](O)CN(Cc1c(-c2ccccc2)noc1N1CCCC[C@H]1C)C[C@@H]1CCCO1. The van der Waals surface area contributed by atoms with E-state index in [4.69, 9.17) is 20.4 Å². The second kappa shape index (κ2) is 12.4. The second-order valence-electron chi connectivity index (χ2n) is 9.42. The van der Waals surface area contributed by atoms with Crippen LogP contribution in [0.3, 0.4) is 0 Å². The Morgan fingerprint density at radius 1 is 1.26 bits per heavy atom. The van der Waals surface area contributed by atoms with E-state index in [1.807, 2.05) is 18.2 Å². The normalized spacial score (nSPS) is 21.6. The van der Waals surface area contributed by atoms with E-state index in [1.165, 1.54) is 6.42 Å². The lowest BCUT2D eigenvalue weighted by Crippen LogP contribution is -2.40. The highest BCUT2D eigenvalue weighted by Crippen LogP contribution is 2.35. The smallest absolute Gasteiger partial charge is 0.232 e. The molecule has 2 aliphatic rings. The van der Waals surface area contributed by atoms with Crippen LogP contribution in [0.1, 0.15) is 44.6 Å². The number of terminal acetylenes is 1. The molecule has 4 rings (SSSR count). The van der Waals surface area contributed by atoms with E-state index in [9.17, 15) is 5.11 Å². The molecule has 2 saturated heterocycles. The lowest BCUT2D eigenvalue weighted by molar-refractivity contribution is 0.00957. The van der Waals surface area contributed by atoms with Crippen LogP contribution in [-0.4, -0.2) is 72.9 Å². The molecule has 3 atom stereocenters. The van der Waals surface area contributed by atoms with Gasteiger partial charge in [-0.3, -0.25) is 4.90 Å². The largest absolute Gasteiger partial charge is 0.389 e. The van der Waals surface area contributed by atoms with Gasteiger partial charge < -0.3 is 24.0 Å². The molecule has 0 unspecified atom stereocenters. The maximum absolute atomic E-state index is 10.7. The molecular formula is C27H37N3O4. The first-order chi connectivity index (χ1) is 16.7. The summed E-state index contributed by atoms with van der Waals surface area (Å²) in [6.45, 7) is 6.22. The zero-order valence-corrected chi connectivity index (χ0v) is 20.2. The predicted octanol–water partition coefficient (Wildman–Crippen LogP) is 3.71. The maximum atomic E-state index is 10.7. The number of aromatic nitrogens is 1. The predicted molar refractivity (Wildman–Crippen MR) is 133 cm³/mol. The topological polar surface area (TPSA) is 71.2 Å². The number of piperidine rings is 1. The summed E-state index contributed by atoms with van der Waals surface area (Å²) in [5.74, 6) is 3.30. The standard InChI is InChI=1S/C27H37N3O4/c1-3-15-32-20-23(31)17-29(18-24-13-9-16-33-24)19-25-26(22-11-5-4-6-12-22)28-34-27(25)30-14-8-7-10-21(30)2/h1,4-6,11-12,21,23-24,31H,7-10,13-20H2,2H3/t21-,23-,24+/m1/s1. The van der Waals surface area contributed by atoms with E-state index in [1.54, 1.807) is 0 Å². The Labute approximate surface area is 203 Å². The molecule has 0 aliphatic carbocycles. The molecule has 1 aromatic carbocycles. The van der Waals surface area contributed by atoms with Crippen LogP contribution in [0.5, 0.6) is 0 Å². The zero-order chi connectivity index (χ0) is 23.8. The van der Waals surface area contributed by atoms with E-state index >= 15 is 0 Å². The van der Waals surface area contributed by atoms with Gasteiger partial charge in [-0.05, 0) is 39.0 Å². The molecule has 0 spiro atoms. The number of ether oxygens (including phenoxy) is 2. The van der Waals surface area contributed by atoms with Crippen LogP contribution in [0.2, 0.25) is 0 Å². The van der Waals surface area contributed by atoms with Crippen molar-refractivity contribution in [1.29, 1.82) is 0 Å². The summed E-state index contributed by atoms with van der Waals surface area (Å²) in [5, 5.41) is 15.2. The molecule has 7 nitrogen and oxygen atoms in total. The lowest BCUT2D eigenvalue weighted by atomic mass is 10.0. The van der Waals surface area contributed by atoms with Crippen molar-refractivity contribution in [3.05, 3.63) is 35.9 Å². The minimum atomic E-state index is -0.646. The Balaban J connectivity index is 1.61. The van der Waals surface area contributed by atoms with Gasteiger partial charge in [0.25, 0.3) is 0 Å². The van der Waals surface area contributed by atoms with E-state index in [0.717, 1.165) is 68.1 Å². The van der Waals surface area contributed by atoms with Gasteiger partial charge in [0.2, 0.25) is 5.88 Å². The lowest BCUT2D eigenvalue weighted by Gasteiger charge is -2.34. The number of nitrogens with zero attached hydrogens (tertiary/aromatic N) is 3. The first-order valence-electron chi connectivity index (χ1n) is 12.5. The van der Waals surface area contributed by atoms with Crippen LogP contribution < -0.4 is 4.90 Å². The van der Waals surface area contributed by atoms with Crippen molar-refractivity contribution in [3.63, 3.8) is 0 Å². The third kappa shape index (κ3) is 6.39. The quantitative estimate of drug-likeness (QED) is 0.399. The third-order valence-electron chi connectivity index (χ3n) is 6.71. The minimum absolute atomic E-state index is 0.163. The zero-order valence-electron chi connectivity index (χ0n) is 20.2. The molecule has 2 aliphatic heterocycles. The molecule has 2 fully saturated rings. The summed E-state index contributed by atoms with van der Waals surface area (Å²) in [6, 6.07) is 10.6. The van der Waals surface area contributed by atoms with Crippen LogP contribution in [0.25, 0.3) is 11.3 Å². The van der Waals surface area contributed by atoms with Gasteiger partial charge in [0, 0.05) is 44.4 Å². The molecule has 0 bridgehead atoms. The van der Waals surface area contributed by atoms with Crippen molar-refractivity contribution in [2.75, 3.05) is 44.4 Å². The highest BCUT2D eigenvalue weighted by molar-refractivity contribution is 5.68. The van der Waals surface area contributed by atoms with Crippen LogP contribution in [0.15, 0.2) is 34.9 Å². The van der Waals surface area contributed by atoms with Gasteiger partial charge in [0.15, 0.2) is 0 Å². The van der Waals surface area contributed by atoms with Crippen molar-refractivity contribution in [1.82, 2.24) is 10.1 Å². The molecule has 0 saturated carbocycles. The summed E-state index contributed by atoms with van der Waals surface area (Å²) < 4.78 is 17.3. The molecule has 1 N–H and O–H groups in total. The van der Waals surface area contributed by atoms with Crippen molar-refractivity contribution >= 4 is 5.88 Å². The minimum Gasteiger partial charge on any atom is -0.389 e. The molecule has 2 aromatic rings. The average molecular weight is 468 g/mol. The van der Waals surface area contributed by atoms with E-state index in [-0.39, 0.29) is 19.3 Å². The van der Waals surface area contributed by atoms with Crippen LogP contribution in [0, 0.1) is 12.3 Å². The van der Waals surface area contributed by atoms with E-state index in [2.05, 4.69) is 39.9 Å². The van der Waals surface area contributed by atoms with Crippen LogP contribution >= 0.6 is 0 Å². The summed E-state index contributed by atoms with van der Waals surface area (Å²) in [7, 11) is 0. The Morgan fingerprint density at radius 3 is 2.85 bits per heavy atom. The fraction of sp³-hybridized carbons (Fsp3) is 0.593. The number of rotatable bonds is 11. The first kappa shape index (κ1) is 24.7. The summed E-state index contributed by atoms with van der Waals surface area (Å²) in [6.07, 6.45) is 10.4. The van der Waals surface area contributed by atoms with Gasteiger partial charge in [-0.2, -0.15) is 0 Å². The van der Waals surface area contributed by atoms with Gasteiger partial charge in [-0.25, -0.2) is 0 Å². The molecule has 3 heterocycles. The van der Waals surface area contributed by atoms with Crippen LogP contribution in [-0.2, 0) is 16.0 Å². The Kier molecular flexibility index (Phi) is 9.00. The van der Waals surface area contributed by atoms with Crippen molar-refractivity contribution in [2.24, 2.45) is 0 Å². The molecule has 184 valence electrons. The van der Waals surface area contributed by atoms with Gasteiger partial charge in [-0.1, -0.05) is 41.4 Å². The van der Waals surface area contributed by atoms with E-state index in [0.29, 0.717) is 19.1 Å². The molecule has 34 heavy (non-hydrogen) atoms. The molecule has 7 heteroatoms. The second-order valence-corrected chi connectivity index (χ2v) is 9.42. The highest BCUT2D eigenvalue weighted by atomic mass is 16.5. The van der Waals surface area contributed by atoms with Gasteiger partial charge >= 0.3 is 0 Å².